The van der Waals surface area contributed by atoms with Crippen LogP contribution in [0.4, 0.5) is 5.69 Å². The molecule has 1 N–H and O–H groups in total. The van der Waals surface area contributed by atoms with Crippen molar-refractivity contribution in [2.75, 3.05) is 19.5 Å². The molecule has 0 unspecified atom stereocenters. The van der Waals surface area contributed by atoms with Gasteiger partial charge in [-0.3, -0.25) is 0 Å². The lowest BCUT2D eigenvalue weighted by molar-refractivity contribution is 0.404. The molecule has 2 aromatic rings. The van der Waals surface area contributed by atoms with Gasteiger partial charge in [-0.15, -0.1) is 10.2 Å². The minimum Gasteiger partial charge on any atom is -0.495 e. The summed E-state index contributed by atoms with van der Waals surface area (Å²) in [5.41, 5.74) is 0.736. The molecule has 0 aliphatic rings. The van der Waals surface area contributed by atoms with E-state index in [-0.39, 0.29) is 0 Å². The Morgan fingerprint density at radius 1 is 1.21 bits per heavy atom. The predicted octanol–water partition coefficient (Wildman–Crippen LogP) is 2.66. The molecule has 1 heterocycles. The van der Waals surface area contributed by atoms with Crippen molar-refractivity contribution >= 4 is 17.3 Å². The van der Waals surface area contributed by atoms with E-state index in [4.69, 9.17) is 25.5 Å². The van der Waals surface area contributed by atoms with E-state index in [0.29, 0.717) is 34.8 Å². The lowest BCUT2D eigenvalue weighted by atomic mass is 10.2. The molecule has 1 aromatic carbocycles. The molecule has 0 fully saturated rings. The highest BCUT2D eigenvalue weighted by molar-refractivity contribution is 6.32. The summed E-state index contributed by atoms with van der Waals surface area (Å²) in [5, 5.41) is 11.3. The monoisotopic (exact) mass is 283 g/mol. The van der Waals surface area contributed by atoms with E-state index in [1.807, 2.05) is 0 Å². The number of rotatable bonds is 5. The van der Waals surface area contributed by atoms with Crippen LogP contribution in [0.25, 0.3) is 0 Å². The van der Waals surface area contributed by atoms with Crippen LogP contribution in [0.15, 0.2) is 16.5 Å². The summed E-state index contributed by atoms with van der Waals surface area (Å²) in [7, 11) is 3.12. The Kier molecular flexibility index (Phi) is 4.11. The van der Waals surface area contributed by atoms with E-state index in [9.17, 15) is 0 Å². The van der Waals surface area contributed by atoms with Gasteiger partial charge in [0, 0.05) is 19.1 Å². The van der Waals surface area contributed by atoms with Crippen LogP contribution >= 0.6 is 11.6 Å². The number of aromatic nitrogens is 2. The van der Waals surface area contributed by atoms with Crippen molar-refractivity contribution in [1.82, 2.24) is 10.2 Å². The lowest BCUT2D eigenvalue weighted by Crippen LogP contribution is -2.02. The Hall–Kier alpha value is -1.95. The van der Waals surface area contributed by atoms with Gasteiger partial charge in [-0.2, -0.15) is 0 Å². The normalized spacial score (nSPS) is 10.3. The largest absolute Gasteiger partial charge is 0.495 e. The summed E-state index contributed by atoms with van der Waals surface area (Å²) in [6.45, 7) is 2.13. The van der Waals surface area contributed by atoms with Gasteiger partial charge in [0.15, 0.2) is 0 Å². The highest BCUT2D eigenvalue weighted by atomic mass is 35.5. The molecular weight excluding hydrogens is 270 g/mol. The fraction of sp³-hybridized carbons (Fsp3) is 0.333. The summed E-state index contributed by atoms with van der Waals surface area (Å²) in [5.74, 6) is 2.19. The van der Waals surface area contributed by atoms with E-state index < -0.39 is 0 Å². The van der Waals surface area contributed by atoms with Crippen LogP contribution in [0.3, 0.4) is 0 Å². The number of hydrogen-bond acceptors (Lipinski definition) is 6. The maximum Gasteiger partial charge on any atom is 0.235 e. The summed E-state index contributed by atoms with van der Waals surface area (Å²) in [4.78, 5) is 0. The van der Waals surface area contributed by atoms with Gasteiger partial charge in [-0.1, -0.05) is 11.6 Å². The first-order chi connectivity index (χ1) is 9.13. The molecule has 0 aliphatic heterocycles. The van der Waals surface area contributed by atoms with Crippen molar-refractivity contribution in [3.63, 3.8) is 0 Å². The van der Waals surface area contributed by atoms with E-state index in [1.165, 1.54) is 0 Å². The Bertz CT molecular complexity index is 571. The zero-order valence-electron chi connectivity index (χ0n) is 10.9. The molecule has 0 radical (unpaired) electrons. The number of anilines is 1. The molecule has 0 saturated heterocycles. The highest BCUT2D eigenvalue weighted by Crippen LogP contribution is 2.35. The summed E-state index contributed by atoms with van der Waals surface area (Å²) >= 11 is 6.03. The van der Waals surface area contributed by atoms with Gasteiger partial charge < -0.3 is 19.2 Å². The van der Waals surface area contributed by atoms with Crippen LogP contribution in [-0.4, -0.2) is 24.4 Å². The minimum absolute atomic E-state index is 0.391. The quantitative estimate of drug-likeness (QED) is 0.910. The van der Waals surface area contributed by atoms with Crippen molar-refractivity contribution in [2.45, 2.75) is 13.5 Å². The van der Waals surface area contributed by atoms with Gasteiger partial charge in [0.25, 0.3) is 0 Å². The Morgan fingerprint density at radius 2 is 1.95 bits per heavy atom. The number of hydrogen-bond donors (Lipinski definition) is 1. The van der Waals surface area contributed by atoms with Crippen LogP contribution in [0, 0.1) is 6.92 Å². The molecule has 0 bridgehead atoms. The fourth-order valence-corrected chi connectivity index (χ4v) is 1.81. The van der Waals surface area contributed by atoms with E-state index in [1.54, 1.807) is 33.3 Å². The maximum absolute atomic E-state index is 6.03. The number of aryl methyl sites for hydroxylation is 1. The molecule has 19 heavy (non-hydrogen) atoms. The molecule has 0 atom stereocenters. The van der Waals surface area contributed by atoms with Crippen molar-refractivity contribution < 1.29 is 13.9 Å². The Labute approximate surface area is 115 Å². The first kappa shape index (κ1) is 13.5. The van der Waals surface area contributed by atoms with Crippen molar-refractivity contribution in [2.24, 2.45) is 0 Å². The smallest absolute Gasteiger partial charge is 0.235 e. The molecule has 7 heteroatoms. The molecule has 0 spiro atoms. The third-order valence-corrected chi connectivity index (χ3v) is 2.77. The number of nitrogens with zero attached hydrogens (tertiary/aromatic N) is 2. The van der Waals surface area contributed by atoms with Crippen LogP contribution < -0.4 is 14.8 Å². The van der Waals surface area contributed by atoms with Crippen LogP contribution in [0.2, 0.25) is 5.02 Å². The van der Waals surface area contributed by atoms with Crippen molar-refractivity contribution in [3.8, 4) is 11.5 Å². The molecular formula is C12H14ClN3O3. The zero-order valence-corrected chi connectivity index (χ0v) is 11.6. The van der Waals surface area contributed by atoms with Crippen molar-refractivity contribution in [3.05, 3.63) is 28.9 Å². The number of nitrogens with one attached hydrogen (secondary N) is 1. The SMILES string of the molecule is COc1cc(NCc2nnc(C)o2)c(OC)cc1Cl. The number of benzene rings is 1. The molecule has 0 aliphatic carbocycles. The average molecular weight is 284 g/mol. The van der Waals surface area contributed by atoms with Gasteiger partial charge >= 0.3 is 0 Å². The van der Waals surface area contributed by atoms with E-state index in [2.05, 4.69) is 15.5 Å². The lowest BCUT2D eigenvalue weighted by Gasteiger charge is -2.12. The minimum atomic E-state index is 0.391. The average Bonchev–Trinajstić information content (AvgIpc) is 2.82. The van der Waals surface area contributed by atoms with Crippen molar-refractivity contribution in [1.29, 1.82) is 0 Å². The standard InChI is InChI=1S/C12H14ClN3O3/c1-7-15-16-12(19-7)6-14-9-5-10(17-2)8(13)4-11(9)18-3/h4-5,14H,6H2,1-3H3. The molecule has 0 saturated carbocycles. The molecule has 0 amide bonds. The molecule has 2 rings (SSSR count). The van der Waals surface area contributed by atoms with Crippen LogP contribution in [0.1, 0.15) is 11.8 Å². The highest BCUT2D eigenvalue weighted by Gasteiger charge is 2.11. The Morgan fingerprint density at radius 3 is 2.53 bits per heavy atom. The molecule has 1 aromatic heterocycles. The van der Waals surface area contributed by atoms with E-state index in [0.717, 1.165) is 5.69 Å². The number of halogens is 1. The van der Waals surface area contributed by atoms with Gasteiger partial charge in [0.1, 0.15) is 11.5 Å². The summed E-state index contributed by atoms with van der Waals surface area (Å²) in [6, 6.07) is 3.44. The second kappa shape index (κ2) is 5.79. The third kappa shape index (κ3) is 3.08. The maximum atomic E-state index is 6.03. The van der Waals surface area contributed by atoms with Gasteiger partial charge in [-0.05, 0) is 0 Å². The summed E-state index contributed by atoms with van der Waals surface area (Å²) < 4.78 is 15.7. The number of methoxy groups -OCH3 is 2. The fourth-order valence-electron chi connectivity index (χ4n) is 1.58. The topological polar surface area (TPSA) is 69.4 Å². The molecule has 6 nitrogen and oxygen atoms in total. The van der Waals surface area contributed by atoms with Gasteiger partial charge in [-0.25, -0.2) is 0 Å². The predicted molar refractivity (Wildman–Crippen MR) is 70.9 cm³/mol. The van der Waals surface area contributed by atoms with E-state index >= 15 is 0 Å². The molecule has 102 valence electrons. The van der Waals surface area contributed by atoms with Crippen LogP contribution in [0.5, 0.6) is 11.5 Å². The first-order valence-electron chi connectivity index (χ1n) is 5.58. The van der Waals surface area contributed by atoms with Crippen LogP contribution in [-0.2, 0) is 6.54 Å². The first-order valence-corrected chi connectivity index (χ1v) is 5.96. The second-order valence-corrected chi connectivity index (χ2v) is 4.16. The second-order valence-electron chi connectivity index (χ2n) is 3.76. The number of ether oxygens (including phenoxy) is 2. The van der Waals surface area contributed by atoms with Gasteiger partial charge in [0.2, 0.25) is 11.8 Å². The zero-order chi connectivity index (χ0) is 13.8. The van der Waals surface area contributed by atoms with Gasteiger partial charge in [0.05, 0.1) is 31.5 Å². The summed E-state index contributed by atoms with van der Waals surface area (Å²) in [6.07, 6.45) is 0. The third-order valence-electron chi connectivity index (χ3n) is 2.47. The Balaban J connectivity index is 2.18.